The van der Waals surface area contributed by atoms with Crippen LogP contribution in [0.2, 0.25) is 0 Å². The van der Waals surface area contributed by atoms with E-state index >= 15 is 0 Å². The molecule has 4 rings (SSSR count). The van der Waals surface area contributed by atoms with Crippen LogP contribution in [0.25, 0.3) is 21.8 Å². The van der Waals surface area contributed by atoms with E-state index in [0.29, 0.717) is 11.2 Å². The highest BCUT2D eigenvalue weighted by Gasteiger charge is 2.15. The highest BCUT2D eigenvalue weighted by atomic mass is 16.3. The van der Waals surface area contributed by atoms with Gasteiger partial charge in [0.2, 0.25) is 5.43 Å². The van der Waals surface area contributed by atoms with Crippen LogP contribution in [0.3, 0.4) is 0 Å². The van der Waals surface area contributed by atoms with Gasteiger partial charge in [-0.25, -0.2) is 0 Å². The van der Waals surface area contributed by atoms with Crippen molar-refractivity contribution in [2.75, 3.05) is 11.9 Å². The first-order chi connectivity index (χ1) is 11.6. The van der Waals surface area contributed by atoms with Crippen molar-refractivity contribution in [2.24, 2.45) is 7.05 Å². The Kier molecular flexibility index (Phi) is 3.43. The summed E-state index contributed by atoms with van der Waals surface area (Å²) < 4.78 is 1.97. The van der Waals surface area contributed by atoms with E-state index in [1.165, 1.54) is 0 Å². The number of hydrogen-bond donors (Lipinski definition) is 2. The Bertz CT molecular complexity index is 1060. The van der Waals surface area contributed by atoms with Crippen LogP contribution in [-0.2, 0) is 7.05 Å². The van der Waals surface area contributed by atoms with Gasteiger partial charge in [0.15, 0.2) is 0 Å². The Morgan fingerprint density at radius 1 is 1.25 bits per heavy atom. The molecule has 0 saturated carbocycles. The highest BCUT2D eigenvalue weighted by molar-refractivity contribution is 6.09. The maximum Gasteiger partial charge on any atom is 0.227 e. The predicted molar refractivity (Wildman–Crippen MR) is 95.6 cm³/mol. The summed E-state index contributed by atoms with van der Waals surface area (Å²) >= 11 is 0. The molecule has 120 valence electrons. The first-order valence-electron chi connectivity index (χ1n) is 7.82. The smallest absolute Gasteiger partial charge is 0.227 e. The number of aliphatic hydroxyl groups excluding tert-OH is 1. The fourth-order valence-corrected chi connectivity index (χ4v) is 3.05. The van der Waals surface area contributed by atoms with Gasteiger partial charge in [-0.15, -0.1) is 0 Å². The molecule has 0 aliphatic rings. The van der Waals surface area contributed by atoms with Gasteiger partial charge in [0.05, 0.1) is 17.3 Å². The summed E-state index contributed by atoms with van der Waals surface area (Å²) in [5.74, 6) is 0. The molecule has 2 heterocycles. The van der Waals surface area contributed by atoms with Crippen LogP contribution in [0, 0.1) is 0 Å². The predicted octanol–water partition coefficient (Wildman–Crippen LogP) is 2.67. The normalized spacial score (nSPS) is 12.8. The highest BCUT2D eigenvalue weighted by Crippen LogP contribution is 2.26. The van der Waals surface area contributed by atoms with E-state index in [1.54, 1.807) is 6.20 Å². The van der Waals surface area contributed by atoms with Crippen LogP contribution in [0.5, 0.6) is 0 Å². The number of benzene rings is 2. The number of hydrogen-bond acceptors (Lipinski definition) is 4. The number of rotatable bonds is 4. The molecule has 2 N–H and O–H groups in total. The lowest BCUT2D eigenvalue weighted by atomic mass is 10.1. The third-order valence-corrected chi connectivity index (χ3v) is 4.38. The summed E-state index contributed by atoms with van der Waals surface area (Å²) in [6.45, 7) is 0.261. The second-order valence-electron chi connectivity index (χ2n) is 5.94. The van der Waals surface area contributed by atoms with Crippen LogP contribution in [0.1, 0.15) is 11.7 Å². The van der Waals surface area contributed by atoms with E-state index < -0.39 is 6.10 Å². The van der Waals surface area contributed by atoms with Crippen molar-refractivity contribution in [3.63, 3.8) is 0 Å². The van der Waals surface area contributed by atoms with E-state index in [-0.39, 0.29) is 12.0 Å². The Morgan fingerprint density at radius 2 is 2.04 bits per heavy atom. The number of aromatic nitrogens is 2. The van der Waals surface area contributed by atoms with E-state index in [9.17, 15) is 9.90 Å². The lowest BCUT2D eigenvalue weighted by Gasteiger charge is -2.14. The minimum absolute atomic E-state index is 0.135. The summed E-state index contributed by atoms with van der Waals surface area (Å²) in [5, 5.41) is 15.2. The van der Waals surface area contributed by atoms with Gasteiger partial charge in [0.25, 0.3) is 0 Å². The average molecular weight is 319 g/mol. The fourth-order valence-electron chi connectivity index (χ4n) is 3.05. The summed E-state index contributed by atoms with van der Waals surface area (Å²) in [4.78, 5) is 16.9. The van der Waals surface area contributed by atoms with Crippen LogP contribution in [0.4, 0.5) is 5.69 Å². The average Bonchev–Trinajstić information content (AvgIpc) is 3.04. The molecule has 0 aliphatic heterocycles. The van der Waals surface area contributed by atoms with E-state index in [0.717, 1.165) is 21.9 Å². The molecular formula is C19H17N3O2. The first kappa shape index (κ1) is 14.7. The molecule has 0 saturated heterocycles. The van der Waals surface area contributed by atoms with Crippen molar-refractivity contribution in [3.05, 3.63) is 70.6 Å². The third-order valence-electron chi connectivity index (χ3n) is 4.38. The molecule has 4 aromatic rings. The molecule has 24 heavy (non-hydrogen) atoms. The number of anilines is 1. The topological polar surface area (TPSA) is 67.2 Å². The summed E-state index contributed by atoms with van der Waals surface area (Å²) in [6, 6.07) is 13.2. The minimum atomic E-state index is -0.682. The van der Waals surface area contributed by atoms with Crippen molar-refractivity contribution in [1.29, 1.82) is 0 Å². The Labute approximate surface area is 138 Å². The van der Waals surface area contributed by atoms with E-state index in [2.05, 4.69) is 10.3 Å². The van der Waals surface area contributed by atoms with Gasteiger partial charge >= 0.3 is 0 Å². The summed E-state index contributed by atoms with van der Waals surface area (Å²) in [5.41, 5.74) is 2.54. The SMILES string of the molecule is Cn1ccc2cnc3c(=O)c(NCC(O)c4ccccc4)cc1c23. The molecular weight excluding hydrogens is 302 g/mol. The maximum absolute atomic E-state index is 12.6. The molecule has 0 bridgehead atoms. The minimum Gasteiger partial charge on any atom is -0.387 e. The van der Waals surface area contributed by atoms with Gasteiger partial charge in [0, 0.05) is 36.8 Å². The van der Waals surface area contributed by atoms with Gasteiger partial charge in [-0.05, 0) is 17.7 Å². The molecule has 0 fully saturated rings. The molecule has 1 atom stereocenters. The zero-order chi connectivity index (χ0) is 16.7. The Morgan fingerprint density at radius 3 is 2.83 bits per heavy atom. The molecule has 0 spiro atoms. The van der Waals surface area contributed by atoms with Gasteiger partial charge in [-0.3, -0.25) is 9.78 Å². The van der Waals surface area contributed by atoms with Gasteiger partial charge in [0.1, 0.15) is 5.52 Å². The second-order valence-corrected chi connectivity index (χ2v) is 5.94. The van der Waals surface area contributed by atoms with Gasteiger partial charge < -0.3 is 15.0 Å². The molecule has 5 nitrogen and oxygen atoms in total. The number of aliphatic hydroxyl groups is 1. The Balaban J connectivity index is 1.71. The van der Waals surface area contributed by atoms with Crippen molar-refractivity contribution in [1.82, 2.24) is 9.55 Å². The van der Waals surface area contributed by atoms with Crippen LogP contribution in [-0.4, -0.2) is 21.2 Å². The van der Waals surface area contributed by atoms with Crippen LogP contribution < -0.4 is 10.7 Å². The largest absolute Gasteiger partial charge is 0.387 e. The maximum atomic E-state index is 12.6. The van der Waals surface area contributed by atoms with E-state index in [4.69, 9.17) is 0 Å². The van der Waals surface area contributed by atoms with Gasteiger partial charge in [-0.1, -0.05) is 30.3 Å². The van der Waals surface area contributed by atoms with Gasteiger partial charge in [-0.2, -0.15) is 0 Å². The summed E-state index contributed by atoms with van der Waals surface area (Å²) in [7, 11) is 1.94. The summed E-state index contributed by atoms with van der Waals surface area (Å²) in [6.07, 6.45) is 2.99. The molecule has 0 amide bonds. The zero-order valence-corrected chi connectivity index (χ0v) is 13.2. The van der Waals surface area contributed by atoms with Crippen LogP contribution >= 0.6 is 0 Å². The van der Waals surface area contributed by atoms with Crippen molar-refractivity contribution in [2.45, 2.75) is 6.10 Å². The molecule has 2 aromatic carbocycles. The van der Waals surface area contributed by atoms with E-state index in [1.807, 2.05) is 60.3 Å². The first-order valence-corrected chi connectivity index (χ1v) is 7.82. The second kappa shape index (κ2) is 5.62. The van der Waals surface area contributed by atoms with Crippen molar-refractivity contribution in [3.8, 4) is 0 Å². The lowest BCUT2D eigenvalue weighted by molar-refractivity contribution is 0.191. The van der Waals surface area contributed by atoms with Crippen LogP contribution in [0.15, 0.2) is 59.7 Å². The number of aryl methyl sites for hydroxylation is 1. The molecule has 2 aromatic heterocycles. The zero-order valence-electron chi connectivity index (χ0n) is 13.2. The third kappa shape index (κ3) is 2.30. The lowest BCUT2D eigenvalue weighted by Crippen LogP contribution is -2.18. The molecule has 1 unspecified atom stereocenters. The number of nitrogens with zero attached hydrogens (tertiary/aromatic N) is 2. The molecule has 0 aliphatic carbocycles. The molecule has 5 heteroatoms. The number of pyridine rings is 1. The molecule has 0 radical (unpaired) electrons. The number of nitrogens with one attached hydrogen (secondary N) is 1. The monoisotopic (exact) mass is 319 g/mol. The fraction of sp³-hybridized carbons (Fsp3) is 0.158. The van der Waals surface area contributed by atoms with Crippen molar-refractivity contribution < 1.29 is 5.11 Å². The Hall–Kier alpha value is -2.92. The van der Waals surface area contributed by atoms with Crippen molar-refractivity contribution >= 4 is 27.5 Å². The quantitative estimate of drug-likeness (QED) is 0.607. The standard InChI is InChI=1S/C19H17N3O2/c1-22-8-7-13-10-21-18-17(13)15(22)9-14(19(18)24)20-11-16(23)12-5-3-2-4-6-12/h2-10,16,20,23H,11H2,1H3.